The zero-order chi connectivity index (χ0) is 17.5. The molecule has 2 heterocycles. The molecule has 1 fully saturated rings. The Hall–Kier alpha value is -1.60. The summed E-state index contributed by atoms with van der Waals surface area (Å²) < 4.78 is 1.90. The second-order valence-corrected chi connectivity index (χ2v) is 6.61. The summed E-state index contributed by atoms with van der Waals surface area (Å²) >= 11 is 0. The molecular formula is C19H29Cl2N5O. The minimum atomic E-state index is 0. The number of amides is 1. The Morgan fingerprint density at radius 3 is 2.70 bits per heavy atom. The number of halogens is 2. The van der Waals surface area contributed by atoms with E-state index in [9.17, 15) is 4.79 Å². The van der Waals surface area contributed by atoms with Crippen LogP contribution in [0.1, 0.15) is 24.0 Å². The highest BCUT2D eigenvalue weighted by atomic mass is 35.5. The number of hydrogen-bond acceptors (Lipinski definition) is 4. The van der Waals surface area contributed by atoms with Crippen LogP contribution >= 0.6 is 24.8 Å². The van der Waals surface area contributed by atoms with Crippen LogP contribution in [0.25, 0.3) is 0 Å². The number of likely N-dealkylation sites (tertiary alicyclic amines) is 1. The first-order valence-electron chi connectivity index (χ1n) is 8.95. The van der Waals surface area contributed by atoms with Gasteiger partial charge in [0.15, 0.2) is 0 Å². The van der Waals surface area contributed by atoms with Crippen LogP contribution in [0.4, 0.5) is 0 Å². The number of likely N-dealkylation sites (N-methyl/N-ethyl adjacent to an activating group) is 1. The molecule has 1 aromatic carbocycles. The predicted octanol–water partition coefficient (Wildman–Crippen LogP) is 2.08. The maximum atomic E-state index is 12.3. The summed E-state index contributed by atoms with van der Waals surface area (Å²) in [6.07, 6.45) is 6.06. The minimum absolute atomic E-state index is 0. The summed E-state index contributed by atoms with van der Waals surface area (Å²) in [5, 5.41) is 10.6. The second-order valence-electron chi connectivity index (χ2n) is 6.61. The molecule has 1 amide bonds. The lowest BCUT2D eigenvalue weighted by molar-refractivity contribution is -0.122. The summed E-state index contributed by atoms with van der Waals surface area (Å²) in [6, 6.07) is 10.6. The van der Waals surface area contributed by atoms with Crippen LogP contribution in [0.3, 0.4) is 0 Å². The normalized spacial score (nSPS) is 16.9. The number of carbonyl (C=O) groups excluding carboxylic acids is 1. The number of rotatable bonds is 7. The third-order valence-corrected chi connectivity index (χ3v) is 4.77. The van der Waals surface area contributed by atoms with Gasteiger partial charge >= 0.3 is 0 Å². The van der Waals surface area contributed by atoms with Crippen molar-refractivity contribution in [2.45, 2.75) is 32.0 Å². The van der Waals surface area contributed by atoms with Crippen molar-refractivity contribution in [2.24, 2.45) is 0 Å². The molecule has 0 aliphatic carbocycles. The fraction of sp³-hybridized carbons (Fsp3) is 0.474. The molecule has 1 aliphatic heterocycles. The average molecular weight is 414 g/mol. The third-order valence-electron chi connectivity index (χ3n) is 4.77. The van der Waals surface area contributed by atoms with Crippen LogP contribution < -0.4 is 10.6 Å². The maximum absolute atomic E-state index is 12.3. The zero-order valence-electron chi connectivity index (χ0n) is 15.6. The molecule has 3 rings (SSSR count). The molecule has 1 unspecified atom stereocenters. The van der Waals surface area contributed by atoms with Gasteiger partial charge in [-0.15, -0.1) is 24.8 Å². The van der Waals surface area contributed by atoms with Crippen LogP contribution in [-0.2, 0) is 17.9 Å². The molecule has 1 saturated heterocycles. The summed E-state index contributed by atoms with van der Waals surface area (Å²) in [5.74, 6) is 0.0886. The molecule has 0 saturated carbocycles. The Morgan fingerprint density at radius 2 is 2.00 bits per heavy atom. The molecule has 1 aromatic heterocycles. The lowest BCUT2D eigenvalue weighted by atomic mass is 10.1. The first kappa shape index (κ1) is 23.4. The lowest BCUT2D eigenvalue weighted by Crippen LogP contribution is -2.47. The highest BCUT2D eigenvalue weighted by Crippen LogP contribution is 2.11. The van der Waals surface area contributed by atoms with E-state index in [1.54, 1.807) is 6.20 Å². The van der Waals surface area contributed by atoms with Crippen LogP contribution in [0.5, 0.6) is 0 Å². The topological polar surface area (TPSA) is 62.2 Å². The highest BCUT2D eigenvalue weighted by Gasteiger charge is 2.20. The Bertz CT molecular complexity index is 680. The van der Waals surface area contributed by atoms with Crippen LogP contribution in [0, 0.1) is 0 Å². The van der Waals surface area contributed by atoms with Gasteiger partial charge in [0, 0.05) is 31.5 Å². The van der Waals surface area contributed by atoms with Gasteiger partial charge in [-0.1, -0.05) is 24.3 Å². The van der Waals surface area contributed by atoms with Crippen LogP contribution in [0.2, 0.25) is 0 Å². The zero-order valence-corrected chi connectivity index (χ0v) is 17.3. The SMILES string of the molecule is CNC1CCCN(CC(=O)NCc2ccccc2Cn2cccn2)C1.Cl.Cl. The Morgan fingerprint density at radius 1 is 1.22 bits per heavy atom. The number of nitrogens with one attached hydrogen (secondary N) is 2. The number of benzene rings is 1. The van der Waals surface area contributed by atoms with Gasteiger partial charge in [0.1, 0.15) is 0 Å². The minimum Gasteiger partial charge on any atom is -0.351 e. The van der Waals surface area contributed by atoms with E-state index < -0.39 is 0 Å². The van der Waals surface area contributed by atoms with E-state index in [4.69, 9.17) is 0 Å². The van der Waals surface area contributed by atoms with Gasteiger partial charge in [-0.05, 0) is 43.6 Å². The predicted molar refractivity (Wildman–Crippen MR) is 113 cm³/mol. The van der Waals surface area contributed by atoms with Crippen molar-refractivity contribution < 1.29 is 4.79 Å². The molecule has 2 N–H and O–H groups in total. The van der Waals surface area contributed by atoms with E-state index in [0.717, 1.165) is 31.6 Å². The van der Waals surface area contributed by atoms with E-state index in [-0.39, 0.29) is 30.7 Å². The average Bonchev–Trinajstić information content (AvgIpc) is 3.14. The van der Waals surface area contributed by atoms with E-state index in [1.807, 2.05) is 36.1 Å². The third kappa shape index (κ3) is 7.14. The first-order valence-corrected chi connectivity index (χ1v) is 8.95. The number of carbonyl (C=O) groups is 1. The molecule has 6 nitrogen and oxygen atoms in total. The van der Waals surface area contributed by atoms with Gasteiger partial charge in [0.2, 0.25) is 5.91 Å². The lowest BCUT2D eigenvalue weighted by Gasteiger charge is -2.31. The number of piperidine rings is 1. The Balaban J connectivity index is 0.00000182. The van der Waals surface area contributed by atoms with Gasteiger partial charge in [0.25, 0.3) is 0 Å². The number of aromatic nitrogens is 2. The van der Waals surface area contributed by atoms with E-state index in [1.165, 1.54) is 12.0 Å². The maximum Gasteiger partial charge on any atom is 0.234 e. The molecule has 0 radical (unpaired) electrons. The number of hydrogen-bond donors (Lipinski definition) is 2. The molecule has 0 bridgehead atoms. The summed E-state index contributed by atoms with van der Waals surface area (Å²) in [4.78, 5) is 14.5. The van der Waals surface area contributed by atoms with E-state index in [2.05, 4.69) is 32.8 Å². The molecule has 8 heteroatoms. The first-order chi connectivity index (χ1) is 12.2. The molecular weight excluding hydrogens is 385 g/mol. The van der Waals surface area contributed by atoms with Crippen molar-refractivity contribution >= 4 is 30.7 Å². The van der Waals surface area contributed by atoms with Crippen molar-refractivity contribution in [3.8, 4) is 0 Å². The smallest absolute Gasteiger partial charge is 0.234 e. The summed E-state index contributed by atoms with van der Waals surface area (Å²) in [6.45, 7) is 3.69. The number of nitrogens with zero attached hydrogens (tertiary/aromatic N) is 3. The van der Waals surface area contributed by atoms with Gasteiger partial charge < -0.3 is 10.6 Å². The molecule has 0 spiro atoms. The molecule has 150 valence electrons. The Kier molecular flexibility index (Phi) is 10.4. The quantitative estimate of drug-likeness (QED) is 0.729. The Labute approximate surface area is 173 Å². The highest BCUT2D eigenvalue weighted by molar-refractivity contribution is 5.85. The van der Waals surface area contributed by atoms with Crippen molar-refractivity contribution in [1.29, 1.82) is 0 Å². The molecule has 1 aliphatic rings. The van der Waals surface area contributed by atoms with Gasteiger partial charge in [0.05, 0.1) is 13.1 Å². The molecule has 2 aromatic rings. The standard InChI is InChI=1S/C19H27N5O.2ClH/c1-20-18-8-4-10-23(14-18)15-19(25)21-12-16-6-2-3-7-17(16)13-24-11-5-9-22-24;;/h2-3,5-7,9,11,18,20H,4,8,10,12-15H2,1H3,(H,21,25);2*1H. The van der Waals surface area contributed by atoms with E-state index in [0.29, 0.717) is 19.1 Å². The van der Waals surface area contributed by atoms with Gasteiger partial charge in [-0.3, -0.25) is 14.4 Å². The largest absolute Gasteiger partial charge is 0.351 e. The van der Waals surface area contributed by atoms with Crippen molar-refractivity contribution in [1.82, 2.24) is 25.3 Å². The summed E-state index contributed by atoms with van der Waals surface area (Å²) in [5.41, 5.74) is 2.32. The van der Waals surface area contributed by atoms with Crippen LogP contribution in [-0.4, -0.2) is 53.3 Å². The van der Waals surface area contributed by atoms with Gasteiger partial charge in [-0.2, -0.15) is 5.10 Å². The second kappa shape index (κ2) is 12.0. The monoisotopic (exact) mass is 413 g/mol. The van der Waals surface area contributed by atoms with E-state index >= 15 is 0 Å². The fourth-order valence-corrected chi connectivity index (χ4v) is 3.34. The molecule has 1 atom stereocenters. The van der Waals surface area contributed by atoms with Crippen molar-refractivity contribution in [3.05, 3.63) is 53.9 Å². The summed E-state index contributed by atoms with van der Waals surface area (Å²) in [7, 11) is 1.99. The molecule has 27 heavy (non-hydrogen) atoms. The van der Waals surface area contributed by atoms with Crippen molar-refractivity contribution in [2.75, 3.05) is 26.7 Å². The fourth-order valence-electron chi connectivity index (χ4n) is 3.34. The van der Waals surface area contributed by atoms with Crippen molar-refractivity contribution in [3.63, 3.8) is 0 Å². The van der Waals surface area contributed by atoms with Crippen LogP contribution in [0.15, 0.2) is 42.7 Å². The van der Waals surface area contributed by atoms with Gasteiger partial charge in [-0.25, -0.2) is 0 Å².